The zero-order chi connectivity index (χ0) is 19.0. The van der Waals surface area contributed by atoms with Crippen LogP contribution in [0.1, 0.15) is 27.6 Å². The molecular weight excluding hydrogens is 351 g/mol. The number of anilines is 1. The average Bonchev–Trinajstić information content (AvgIpc) is 3.15. The van der Waals surface area contributed by atoms with Gasteiger partial charge in [0.15, 0.2) is 17.3 Å². The van der Waals surface area contributed by atoms with Crippen molar-refractivity contribution >= 4 is 17.4 Å². The Bertz CT molecular complexity index is 907. The lowest BCUT2D eigenvalue weighted by Crippen LogP contribution is -2.49. The van der Waals surface area contributed by atoms with E-state index in [0.29, 0.717) is 48.9 Å². The maximum Gasteiger partial charge on any atom is 0.254 e. The van der Waals surface area contributed by atoms with E-state index in [4.69, 9.17) is 9.47 Å². The summed E-state index contributed by atoms with van der Waals surface area (Å²) >= 11 is 0. The van der Waals surface area contributed by atoms with Crippen LogP contribution in [0.2, 0.25) is 0 Å². The molecule has 0 aromatic heterocycles. The van der Waals surface area contributed by atoms with Crippen molar-refractivity contribution in [3.63, 3.8) is 0 Å². The van der Waals surface area contributed by atoms with E-state index >= 15 is 0 Å². The third kappa shape index (κ3) is 3.20. The Balaban J connectivity index is 1.47. The summed E-state index contributed by atoms with van der Waals surface area (Å²) in [6.07, 6.45) is 0. The van der Waals surface area contributed by atoms with Gasteiger partial charge in [-0.1, -0.05) is 6.07 Å². The molecule has 0 spiro atoms. The zero-order valence-corrected chi connectivity index (χ0v) is 14.9. The molecule has 2 aliphatic rings. The quantitative estimate of drug-likeness (QED) is 0.778. The lowest BCUT2D eigenvalue weighted by Gasteiger charge is -2.37. The first-order valence-corrected chi connectivity index (χ1v) is 8.78. The van der Waals surface area contributed by atoms with Gasteiger partial charge in [-0.3, -0.25) is 9.59 Å². The van der Waals surface area contributed by atoms with Crippen molar-refractivity contribution in [2.45, 2.75) is 6.92 Å². The summed E-state index contributed by atoms with van der Waals surface area (Å²) < 4.78 is 24.7. The summed E-state index contributed by atoms with van der Waals surface area (Å²) in [5, 5.41) is 0. The van der Waals surface area contributed by atoms with Crippen LogP contribution in [0.3, 0.4) is 0 Å². The van der Waals surface area contributed by atoms with Crippen LogP contribution in [-0.4, -0.2) is 49.6 Å². The number of piperazine rings is 1. The Morgan fingerprint density at radius 2 is 1.74 bits per heavy atom. The molecule has 0 saturated carbocycles. The summed E-state index contributed by atoms with van der Waals surface area (Å²) in [5.41, 5.74) is 1.23. The fourth-order valence-electron chi connectivity index (χ4n) is 3.49. The van der Waals surface area contributed by atoms with Crippen molar-refractivity contribution < 1.29 is 23.5 Å². The molecule has 0 aliphatic carbocycles. The first-order chi connectivity index (χ1) is 13.0. The third-order valence-electron chi connectivity index (χ3n) is 4.87. The van der Waals surface area contributed by atoms with Crippen LogP contribution in [0.15, 0.2) is 36.4 Å². The molecule has 1 fully saturated rings. The molecule has 1 saturated heterocycles. The number of ether oxygens (including phenoxy) is 2. The maximum absolute atomic E-state index is 14.1. The number of hydrogen-bond donors (Lipinski definition) is 0. The molecule has 2 heterocycles. The van der Waals surface area contributed by atoms with Gasteiger partial charge in [0, 0.05) is 31.7 Å². The van der Waals surface area contributed by atoms with Gasteiger partial charge in [0.25, 0.3) is 5.91 Å². The first kappa shape index (κ1) is 17.3. The predicted octanol–water partition coefficient (Wildman–Crippen LogP) is 2.72. The zero-order valence-electron chi connectivity index (χ0n) is 14.9. The van der Waals surface area contributed by atoms with Crippen molar-refractivity contribution in [2.24, 2.45) is 0 Å². The Kier molecular flexibility index (Phi) is 4.43. The summed E-state index contributed by atoms with van der Waals surface area (Å²) in [7, 11) is 0. The molecule has 6 nitrogen and oxygen atoms in total. The van der Waals surface area contributed by atoms with Gasteiger partial charge < -0.3 is 19.3 Å². The monoisotopic (exact) mass is 370 g/mol. The number of halogens is 1. The van der Waals surface area contributed by atoms with Gasteiger partial charge in [-0.05, 0) is 37.3 Å². The summed E-state index contributed by atoms with van der Waals surface area (Å²) in [4.78, 5) is 28.3. The van der Waals surface area contributed by atoms with E-state index in [1.54, 1.807) is 35.2 Å². The molecule has 0 unspecified atom stereocenters. The third-order valence-corrected chi connectivity index (χ3v) is 4.87. The van der Waals surface area contributed by atoms with Gasteiger partial charge in [-0.2, -0.15) is 0 Å². The fraction of sp³-hybridized carbons (Fsp3) is 0.300. The van der Waals surface area contributed by atoms with Gasteiger partial charge in [-0.25, -0.2) is 4.39 Å². The Hall–Kier alpha value is -3.09. The number of carbonyl (C=O) groups excluding carboxylic acids is 2. The Morgan fingerprint density at radius 1 is 1.00 bits per heavy atom. The van der Waals surface area contributed by atoms with Crippen LogP contribution in [0, 0.1) is 5.82 Å². The molecule has 27 heavy (non-hydrogen) atoms. The Labute approximate surface area is 156 Å². The number of fused-ring (bicyclic) bond motifs is 1. The number of hydrogen-bond acceptors (Lipinski definition) is 5. The maximum atomic E-state index is 14.1. The van der Waals surface area contributed by atoms with E-state index in [9.17, 15) is 14.0 Å². The molecule has 0 bridgehead atoms. The molecule has 2 aromatic carbocycles. The smallest absolute Gasteiger partial charge is 0.254 e. The van der Waals surface area contributed by atoms with E-state index in [1.807, 2.05) is 4.90 Å². The van der Waals surface area contributed by atoms with Crippen LogP contribution >= 0.6 is 0 Å². The van der Waals surface area contributed by atoms with E-state index < -0.39 is 5.82 Å². The van der Waals surface area contributed by atoms with E-state index in [-0.39, 0.29) is 24.0 Å². The predicted molar refractivity (Wildman–Crippen MR) is 97.1 cm³/mol. The van der Waals surface area contributed by atoms with Crippen LogP contribution in [0.25, 0.3) is 0 Å². The lowest BCUT2D eigenvalue weighted by atomic mass is 10.1. The molecular formula is C20H19FN2O4. The number of benzene rings is 2. The molecule has 0 N–H and O–H groups in total. The number of Topliss-reactive ketones (excluding diaryl/α,β-unsaturated/α-hetero) is 1. The van der Waals surface area contributed by atoms with E-state index in [1.165, 1.54) is 13.0 Å². The summed E-state index contributed by atoms with van der Waals surface area (Å²) in [6.45, 7) is 3.56. The summed E-state index contributed by atoms with van der Waals surface area (Å²) in [5.74, 6) is 0.310. The van der Waals surface area contributed by atoms with Crippen molar-refractivity contribution in [3.05, 3.63) is 53.3 Å². The van der Waals surface area contributed by atoms with Crippen molar-refractivity contribution in [3.8, 4) is 11.5 Å². The second-order valence-corrected chi connectivity index (χ2v) is 6.54. The average molecular weight is 370 g/mol. The highest BCUT2D eigenvalue weighted by molar-refractivity contribution is 6.00. The van der Waals surface area contributed by atoms with E-state index in [2.05, 4.69) is 0 Å². The van der Waals surface area contributed by atoms with Gasteiger partial charge in [0.1, 0.15) is 5.82 Å². The van der Waals surface area contributed by atoms with Crippen LogP contribution in [0.4, 0.5) is 10.1 Å². The normalized spacial score (nSPS) is 15.8. The molecule has 4 rings (SSSR count). The SMILES string of the molecule is CC(=O)c1c(F)cccc1N1CCN(C(=O)c2ccc3c(c2)OCO3)CC1. The van der Waals surface area contributed by atoms with Crippen LogP contribution in [0.5, 0.6) is 11.5 Å². The standard InChI is InChI=1S/C20H19FN2O4/c1-13(24)19-15(21)3-2-4-16(19)22-7-9-23(10-8-22)20(25)14-5-6-17-18(11-14)27-12-26-17/h2-6,11H,7-10,12H2,1H3. The van der Waals surface area contributed by atoms with Crippen molar-refractivity contribution in [1.29, 1.82) is 0 Å². The highest BCUT2D eigenvalue weighted by atomic mass is 19.1. The minimum absolute atomic E-state index is 0.0843. The van der Waals surface area contributed by atoms with Crippen molar-refractivity contribution in [2.75, 3.05) is 37.9 Å². The number of amides is 1. The number of ketones is 1. The van der Waals surface area contributed by atoms with Gasteiger partial charge in [0.05, 0.1) is 11.3 Å². The fourth-order valence-corrected chi connectivity index (χ4v) is 3.49. The molecule has 7 heteroatoms. The number of carbonyl (C=O) groups is 2. The lowest BCUT2D eigenvalue weighted by molar-refractivity contribution is 0.0745. The molecule has 0 atom stereocenters. The molecule has 140 valence electrons. The Morgan fingerprint density at radius 3 is 2.48 bits per heavy atom. The minimum Gasteiger partial charge on any atom is -0.454 e. The first-order valence-electron chi connectivity index (χ1n) is 8.78. The number of nitrogens with zero attached hydrogens (tertiary/aromatic N) is 2. The molecule has 2 aliphatic heterocycles. The highest BCUT2D eigenvalue weighted by Gasteiger charge is 2.26. The second kappa shape index (κ2) is 6.90. The topological polar surface area (TPSA) is 59.1 Å². The van der Waals surface area contributed by atoms with Crippen LogP contribution < -0.4 is 14.4 Å². The molecule has 1 amide bonds. The van der Waals surface area contributed by atoms with Gasteiger partial charge in [-0.15, -0.1) is 0 Å². The highest BCUT2D eigenvalue weighted by Crippen LogP contribution is 2.33. The number of rotatable bonds is 3. The minimum atomic E-state index is -0.515. The van der Waals surface area contributed by atoms with Crippen molar-refractivity contribution in [1.82, 2.24) is 4.90 Å². The van der Waals surface area contributed by atoms with Gasteiger partial charge in [0.2, 0.25) is 6.79 Å². The summed E-state index contributed by atoms with van der Waals surface area (Å²) in [6, 6.07) is 9.79. The molecule has 2 aromatic rings. The van der Waals surface area contributed by atoms with Gasteiger partial charge >= 0.3 is 0 Å². The second-order valence-electron chi connectivity index (χ2n) is 6.54. The molecule has 0 radical (unpaired) electrons. The van der Waals surface area contributed by atoms with Crippen LogP contribution in [-0.2, 0) is 0 Å². The van der Waals surface area contributed by atoms with E-state index in [0.717, 1.165) is 0 Å². The largest absolute Gasteiger partial charge is 0.454 e.